The van der Waals surface area contributed by atoms with Gasteiger partial charge in [0.1, 0.15) is 5.75 Å². The highest BCUT2D eigenvalue weighted by Crippen LogP contribution is 2.26. The summed E-state index contributed by atoms with van der Waals surface area (Å²) in [6.07, 6.45) is 9.60. The zero-order valence-electron chi connectivity index (χ0n) is 14.8. The van der Waals surface area contributed by atoms with Crippen LogP contribution < -0.4 is 10.1 Å². The topological polar surface area (TPSA) is 56.2 Å². The third-order valence-electron chi connectivity index (χ3n) is 4.56. The van der Waals surface area contributed by atoms with Crippen LogP contribution in [0.25, 0.3) is 5.69 Å². The molecular weight excluding hydrogens is 334 g/mol. The van der Waals surface area contributed by atoms with Crippen LogP contribution in [-0.4, -0.2) is 33.9 Å². The maximum absolute atomic E-state index is 12.5. The molecule has 1 N–H and O–H groups in total. The molecule has 0 radical (unpaired) electrons. The number of ether oxygens (including phenoxy) is 1. The summed E-state index contributed by atoms with van der Waals surface area (Å²) in [6.45, 7) is 1.94. The van der Waals surface area contributed by atoms with Crippen molar-refractivity contribution in [3.8, 4) is 11.4 Å². The van der Waals surface area contributed by atoms with Gasteiger partial charge >= 0.3 is 0 Å². The first kappa shape index (κ1) is 17.9. The molecule has 6 heteroatoms. The quantitative estimate of drug-likeness (QED) is 0.797. The lowest BCUT2D eigenvalue weighted by atomic mass is 9.95. The normalized spacial score (nSPS) is 16.4. The van der Waals surface area contributed by atoms with E-state index in [1.54, 1.807) is 13.3 Å². The average molecular weight is 359 g/mol. The Morgan fingerprint density at radius 2 is 2.00 bits per heavy atom. The molecule has 5 nitrogen and oxygen atoms in total. The number of carbonyl (C=O) groups is 1. The number of nitrogens with one attached hydrogen (secondary N) is 1. The lowest BCUT2D eigenvalue weighted by molar-refractivity contribution is -0.121. The number of benzene rings is 1. The van der Waals surface area contributed by atoms with Gasteiger partial charge < -0.3 is 10.1 Å². The minimum Gasteiger partial charge on any atom is -0.497 e. The van der Waals surface area contributed by atoms with Crippen molar-refractivity contribution in [3.05, 3.63) is 36.7 Å². The highest BCUT2D eigenvalue weighted by atomic mass is 32.2. The van der Waals surface area contributed by atoms with E-state index in [2.05, 4.69) is 10.3 Å². The summed E-state index contributed by atoms with van der Waals surface area (Å²) in [5, 5.41) is 3.83. The molecule has 0 aliphatic heterocycles. The minimum atomic E-state index is -0.179. The number of rotatable bonds is 6. The summed E-state index contributed by atoms with van der Waals surface area (Å²) in [4.78, 5) is 16.9. The summed E-state index contributed by atoms with van der Waals surface area (Å²) in [5.41, 5.74) is 1.00. The molecule has 2 aromatic rings. The summed E-state index contributed by atoms with van der Waals surface area (Å²) >= 11 is 1.49. The summed E-state index contributed by atoms with van der Waals surface area (Å²) in [5.74, 6) is 0.916. The average Bonchev–Trinajstić information content (AvgIpc) is 3.10. The zero-order chi connectivity index (χ0) is 17.6. The fraction of sp³-hybridized carbons (Fsp3) is 0.474. The maximum Gasteiger partial charge on any atom is 0.233 e. The number of thioether (sulfide) groups is 1. The van der Waals surface area contributed by atoms with Gasteiger partial charge in [0, 0.05) is 24.1 Å². The van der Waals surface area contributed by atoms with E-state index in [0.29, 0.717) is 6.04 Å². The van der Waals surface area contributed by atoms with Crippen LogP contribution in [0.2, 0.25) is 0 Å². The van der Waals surface area contributed by atoms with E-state index in [0.717, 1.165) is 29.4 Å². The van der Waals surface area contributed by atoms with Gasteiger partial charge in [-0.05, 0) is 44.0 Å². The van der Waals surface area contributed by atoms with Gasteiger partial charge in [-0.15, -0.1) is 0 Å². The molecule has 1 aromatic heterocycles. The van der Waals surface area contributed by atoms with E-state index >= 15 is 0 Å². The lowest BCUT2D eigenvalue weighted by Gasteiger charge is -2.24. The predicted octanol–water partition coefficient (Wildman–Crippen LogP) is 3.81. The van der Waals surface area contributed by atoms with Crippen LogP contribution in [0.15, 0.2) is 41.8 Å². The fourth-order valence-electron chi connectivity index (χ4n) is 3.09. The first-order valence-electron chi connectivity index (χ1n) is 8.82. The minimum absolute atomic E-state index is 0.0983. The monoisotopic (exact) mass is 359 g/mol. The number of nitrogens with zero attached hydrogens (tertiary/aromatic N) is 2. The molecule has 1 unspecified atom stereocenters. The van der Waals surface area contributed by atoms with E-state index in [-0.39, 0.29) is 11.2 Å². The van der Waals surface area contributed by atoms with Crippen LogP contribution in [-0.2, 0) is 4.79 Å². The second-order valence-electron chi connectivity index (χ2n) is 6.38. The Morgan fingerprint density at radius 1 is 1.28 bits per heavy atom. The molecule has 1 aliphatic carbocycles. The predicted molar refractivity (Wildman–Crippen MR) is 100 cm³/mol. The molecule has 1 atom stereocenters. The molecule has 1 amide bonds. The highest BCUT2D eigenvalue weighted by Gasteiger charge is 2.22. The molecule has 1 saturated carbocycles. The summed E-state index contributed by atoms with van der Waals surface area (Å²) < 4.78 is 7.20. The van der Waals surface area contributed by atoms with Crippen LogP contribution in [0.1, 0.15) is 39.0 Å². The van der Waals surface area contributed by atoms with Crippen LogP contribution >= 0.6 is 11.8 Å². The molecule has 25 heavy (non-hydrogen) atoms. The molecule has 1 fully saturated rings. The number of aromatic nitrogens is 2. The molecule has 0 bridgehead atoms. The Balaban J connectivity index is 1.64. The number of carbonyl (C=O) groups excluding carboxylic acids is 1. The number of methoxy groups -OCH3 is 1. The highest BCUT2D eigenvalue weighted by molar-refractivity contribution is 8.00. The third-order valence-corrected chi connectivity index (χ3v) is 5.64. The Morgan fingerprint density at radius 3 is 2.68 bits per heavy atom. The first-order chi connectivity index (χ1) is 12.2. The Hall–Kier alpha value is -1.95. The molecule has 1 heterocycles. The Kier molecular flexibility index (Phi) is 6.02. The van der Waals surface area contributed by atoms with E-state index in [1.165, 1.54) is 31.0 Å². The van der Waals surface area contributed by atoms with Gasteiger partial charge in [0.05, 0.1) is 12.4 Å². The Labute approximate surface area is 153 Å². The summed E-state index contributed by atoms with van der Waals surface area (Å²) in [6, 6.07) is 8.14. The van der Waals surface area contributed by atoms with Crippen LogP contribution in [0.4, 0.5) is 0 Å². The Bertz CT molecular complexity index is 693. The fourth-order valence-corrected chi connectivity index (χ4v) is 3.99. The van der Waals surface area contributed by atoms with Gasteiger partial charge in [0.25, 0.3) is 0 Å². The number of hydrogen-bond donors (Lipinski definition) is 1. The third kappa shape index (κ3) is 4.57. The van der Waals surface area contributed by atoms with Crippen LogP contribution in [0.5, 0.6) is 5.75 Å². The van der Waals surface area contributed by atoms with E-state index < -0.39 is 0 Å². The largest absolute Gasteiger partial charge is 0.497 e. The van der Waals surface area contributed by atoms with Gasteiger partial charge in [0.15, 0.2) is 5.16 Å². The van der Waals surface area contributed by atoms with Crippen molar-refractivity contribution in [2.75, 3.05) is 7.11 Å². The van der Waals surface area contributed by atoms with Crippen molar-refractivity contribution < 1.29 is 9.53 Å². The standard InChI is InChI=1S/C19H25N3O2S/c1-14(18(23)21-15-6-4-3-5-7-15)25-19-20-12-13-22(19)16-8-10-17(24-2)11-9-16/h8-15H,3-7H2,1-2H3,(H,21,23). The molecular formula is C19H25N3O2S. The maximum atomic E-state index is 12.5. The van der Waals surface area contributed by atoms with Crippen molar-refractivity contribution in [1.82, 2.24) is 14.9 Å². The van der Waals surface area contributed by atoms with Crippen LogP contribution in [0, 0.1) is 0 Å². The van der Waals surface area contributed by atoms with Gasteiger partial charge in [0.2, 0.25) is 5.91 Å². The number of hydrogen-bond acceptors (Lipinski definition) is 4. The van der Waals surface area contributed by atoms with Gasteiger partial charge in [-0.25, -0.2) is 4.98 Å². The van der Waals surface area contributed by atoms with Crippen molar-refractivity contribution >= 4 is 17.7 Å². The molecule has 0 spiro atoms. The van der Waals surface area contributed by atoms with Gasteiger partial charge in [-0.1, -0.05) is 31.0 Å². The molecule has 0 saturated heterocycles. The molecule has 1 aliphatic rings. The van der Waals surface area contributed by atoms with E-state index in [9.17, 15) is 4.79 Å². The van der Waals surface area contributed by atoms with E-state index in [4.69, 9.17) is 4.74 Å². The number of imidazole rings is 1. The molecule has 1 aromatic carbocycles. The first-order valence-corrected chi connectivity index (χ1v) is 9.70. The SMILES string of the molecule is COc1ccc(-n2ccnc2SC(C)C(=O)NC2CCCCC2)cc1. The van der Waals surface area contributed by atoms with Crippen molar-refractivity contribution in [1.29, 1.82) is 0 Å². The molecule has 134 valence electrons. The van der Waals surface area contributed by atoms with Gasteiger partial charge in [-0.2, -0.15) is 0 Å². The number of amides is 1. The zero-order valence-corrected chi connectivity index (χ0v) is 15.6. The molecule has 3 rings (SSSR count). The smallest absolute Gasteiger partial charge is 0.233 e. The van der Waals surface area contributed by atoms with Crippen molar-refractivity contribution in [2.45, 2.75) is 55.5 Å². The lowest BCUT2D eigenvalue weighted by Crippen LogP contribution is -2.40. The van der Waals surface area contributed by atoms with Crippen molar-refractivity contribution in [2.24, 2.45) is 0 Å². The second-order valence-corrected chi connectivity index (χ2v) is 7.69. The van der Waals surface area contributed by atoms with Crippen LogP contribution in [0.3, 0.4) is 0 Å². The van der Waals surface area contributed by atoms with Gasteiger partial charge in [-0.3, -0.25) is 9.36 Å². The summed E-state index contributed by atoms with van der Waals surface area (Å²) in [7, 11) is 1.65. The van der Waals surface area contributed by atoms with Crippen molar-refractivity contribution in [3.63, 3.8) is 0 Å². The van der Waals surface area contributed by atoms with E-state index in [1.807, 2.05) is 42.0 Å². The second kappa shape index (κ2) is 8.43.